The van der Waals surface area contributed by atoms with Crippen LogP contribution in [0.5, 0.6) is 0 Å². The Morgan fingerprint density at radius 1 is 0.533 bits per heavy atom. The number of carbonyl (C=O) groups excluding carboxylic acids is 2. The van der Waals surface area contributed by atoms with E-state index in [1.807, 2.05) is 0 Å². The number of carbonyl (C=O) groups is 2. The van der Waals surface area contributed by atoms with Crippen LogP contribution in [0.1, 0.15) is 0 Å². The van der Waals surface area contributed by atoms with E-state index in [1.54, 1.807) is 0 Å². The van der Waals surface area contributed by atoms with E-state index in [9.17, 15) is 62.3 Å². The third kappa shape index (κ3) is 4.10. The van der Waals surface area contributed by atoms with E-state index >= 15 is 0 Å². The highest BCUT2D eigenvalue weighted by atomic mass is 19.4. The standard InChI is InChI=1S/C12H10F12O6/c1-27-3-29-5(25)7(9(13,14)15,10(16,17)18)8(11(19,20)21,12(22,23)24)6(26)30-4-28-2/h3-4H2,1-2H3. The van der Waals surface area contributed by atoms with Crippen molar-refractivity contribution in [2.24, 2.45) is 10.8 Å². The van der Waals surface area contributed by atoms with Gasteiger partial charge in [0.25, 0.3) is 10.8 Å². The number of methoxy groups -OCH3 is 2. The number of alkyl halides is 12. The molecule has 0 radical (unpaired) electrons. The quantitative estimate of drug-likeness (QED) is 0.317. The van der Waals surface area contributed by atoms with Crippen molar-refractivity contribution in [3.63, 3.8) is 0 Å². The van der Waals surface area contributed by atoms with E-state index in [1.165, 1.54) is 0 Å². The van der Waals surface area contributed by atoms with Crippen molar-refractivity contribution in [3.8, 4) is 0 Å². The van der Waals surface area contributed by atoms with E-state index in [4.69, 9.17) is 0 Å². The summed E-state index contributed by atoms with van der Waals surface area (Å²) in [6.07, 6.45) is -31.0. The normalized spacial score (nSPS) is 14.5. The topological polar surface area (TPSA) is 71.1 Å². The molecule has 0 N–H and O–H groups in total. The summed E-state index contributed by atoms with van der Waals surface area (Å²) in [7, 11) is 0.924. The van der Waals surface area contributed by atoms with Gasteiger partial charge in [0.1, 0.15) is 0 Å². The minimum atomic E-state index is -7.74. The number of rotatable bonds is 7. The van der Waals surface area contributed by atoms with Crippen LogP contribution in [-0.4, -0.2) is 64.4 Å². The Balaban J connectivity index is 7.83. The van der Waals surface area contributed by atoms with Crippen LogP contribution < -0.4 is 0 Å². The van der Waals surface area contributed by atoms with Gasteiger partial charge in [0.15, 0.2) is 13.6 Å². The van der Waals surface area contributed by atoms with Gasteiger partial charge in [0.05, 0.1) is 0 Å². The molecule has 0 aromatic rings. The molecule has 0 heterocycles. The Labute approximate surface area is 158 Å². The lowest BCUT2D eigenvalue weighted by Gasteiger charge is -2.48. The molecule has 0 spiro atoms. The summed E-state index contributed by atoms with van der Waals surface area (Å²) in [5.41, 5.74) is -15.1. The summed E-state index contributed by atoms with van der Waals surface area (Å²) in [6.45, 7) is -3.85. The molecule has 0 bridgehead atoms. The maximum Gasteiger partial charge on any atom is 0.415 e. The largest absolute Gasteiger partial charge is 0.438 e. The third-order valence-electron chi connectivity index (χ3n) is 3.49. The summed E-state index contributed by atoms with van der Waals surface area (Å²) in [6, 6.07) is 0. The Kier molecular flexibility index (Phi) is 8.07. The fourth-order valence-electron chi connectivity index (χ4n) is 2.38. The van der Waals surface area contributed by atoms with Crippen molar-refractivity contribution < 1.29 is 81.2 Å². The summed E-state index contributed by atoms with van der Waals surface area (Å²) >= 11 is 0. The zero-order valence-corrected chi connectivity index (χ0v) is 14.4. The first-order valence-corrected chi connectivity index (χ1v) is 6.81. The predicted molar refractivity (Wildman–Crippen MR) is 65.0 cm³/mol. The van der Waals surface area contributed by atoms with Crippen LogP contribution in [0, 0.1) is 10.8 Å². The summed E-state index contributed by atoms with van der Waals surface area (Å²) < 4.78 is 176. The highest BCUT2D eigenvalue weighted by molar-refractivity contribution is 5.91. The lowest BCUT2D eigenvalue weighted by Crippen LogP contribution is -2.77. The molecule has 178 valence electrons. The molecular formula is C12H10F12O6. The van der Waals surface area contributed by atoms with Crippen molar-refractivity contribution in [1.82, 2.24) is 0 Å². The molecule has 0 aliphatic rings. The Morgan fingerprint density at radius 3 is 0.867 bits per heavy atom. The van der Waals surface area contributed by atoms with Gasteiger partial charge in [-0.3, -0.25) is 9.59 Å². The minimum absolute atomic E-state index is 0.462. The van der Waals surface area contributed by atoms with Gasteiger partial charge in [-0.15, -0.1) is 0 Å². The molecule has 18 heteroatoms. The average molecular weight is 478 g/mol. The van der Waals surface area contributed by atoms with E-state index in [0.717, 1.165) is 0 Å². The van der Waals surface area contributed by atoms with E-state index < -0.39 is 61.1 Å². The van der Waals surface area contributed by atoms with Crippen LogP contribution in [0.3, 0.4) is 0 Å². The van der Waals surface area contributed by atoms with Crippen LogP contribution in [0.2, 0.25) is 0 Å². The second-order valence-electron chi connectivity index (χ2n) is 5.17. The number of hydrogen-bond donors (Lipinski definition) is 0. The maximum absolute atomic E-state index is 13.5. The number of ether oxygens (including phenoxy) is 4. The van der Waals surface area contributed by atoms with Crippen LogP contribution in [0.15, 0.2) is 0 Å². The molecule has 0 atom stereocenters. The molecule has 0 aliphatic carbocycles. The zero-order chi connectivity index (χ0) is 24.4. The predicted octanol–water partition coefficient (Wildman–Crippen LogP) is 3.50. The van der Waals surface area contributed by atoms with Gasteiger partial charge >= 0.3 is 36.6 Å². The highest BCUT2D eigenvalue weighted by Gasteiger charge is 3.00. The van der Waals surface area contributed by atoms with Crippen molar-refractivity contribution in [2.75, 3.05) is 27.8 Å². The Hall–Kier alpha value is -1.98. The van der Waals surface area contributed by atoms with Crippen LogP contribution in [-0.2, 0) is 28.5 Å². The summed E-state index contributed by atoms with van der Waals surface area (Å²) in [5.74, 6) is -8.32. The van der Waals surface area contributed by atoms with Gasteiger partial charge in [-0.05, 0) is 0 Å². The molecule has 0 saturated heterocycles. The van der Waals surface area contributed by atoms with Crippen LogP contribution in [0.25, 0.3) is 0 Å². The molecule has 30 heavy (non-hydrogen) atoms. The first-order valence-electron chi connectivity index (χ1n) is 6.81. The average Bonchev–Trinajstić information content (AvgIpc) is 2.49. The van der Waals surface area contributed by atoms with Crippen molar-refractivity contribution >= 4 is 11.9 Å². The number of esters is 2. The fraction of sp³-hybridized carbons (Fsp3) is 0.833. The van der Waals surface area contributed by atoms with Gasteiger partial charge in [0, 0.05) is 14.2 Å². The van der Waals surface area contributed by atoms with Gasteiger partial charge in [0.2, 0.25) is 0 Å². The SMILES string of the molecule is COCOC(=O)C(C(F)(F)F)(C(F)(F)F)C(C(=O)OCOC)(C(F)(F)F)C(F)(F)F. The molecule has 0 aromatic heterocycles. The second-order valence-corrected chi connectivity index (χ2v) is 5.17. The van der Waals surface area contributed by atoms with Gasteiger partial charge in [-0.1, -0.05) is 0 Å². The third-order valence-corrected chi connectivity index (χ3v) is 3.49. The first kappa shape index (κ1) is 28.0. The molecule has 0 aliphatic heterocycles. The second kappa shape index (κ2) is 8.64. The number of halogens is 12. The first-order chi connectivity index (χ1) is 13.2. The van der Waals surface area contributed by atoms with Crippen molar-refractivity contribution in [3.05, 3.63) is 0 Å². The molecule has 6 nitrogen and oxygen atoms in total. The Morgan fingerprint density at radius 2 is 0.733 bits per heavy atom. The van der Waals surface area contributed by atoms with Gasteiger partial charge in [-0.2, -0.15) is 52.7 Å². The van der Waals surface area contributed by atoms with Crippen molar-refractivity contribution in [2.45, 2.75) is 24.7 Å². The molecule has 0 fully saturated rings. The highest BCUT2D eigenvalue weighted by Crippen LogP contribution is 2.71. The molecule has 0 saturated carbocycles. The molecule has 0 aromatic carbocycles. The molecule has 0 unspecified atom stereocenters. The fourth-order valence-corrected chi connectivity index (χ4v) is 2.38. The summed E-state index contributed by atoms with van der Waals surface area (Å²) in [4.78, 5) is 23.3. The monoisotopic (exact) mass is 478 g/mol. The van der Waals surface area contributed by atoms with E-state index in [2.05, 4.69) is 18.9 Å². The van der Waals surface area contributed by atoms with E-state index in [0.29, 0.717) is 14.2 Å². The van der Waals surface area contributed by atoms with Crippen molar-refractivity contribution in [1.29, 1.82) is 0 Å². The molecule has 0 amide bonds. The van der Waals surface area contributed by atoms with Crippen LogP contribution in [0.4, 0.5) is 52.7 Å². The van der Waals surface area contributed by atoms with E-state index in [-0.39, 0.29) is 0 Å². The molecular weight excluding hydrogens is 468 g/mol. The van der Waals surface area contributed by atoms with Crippen LogP contribution >= 0.6 is 0 Å². The smallest absolute Gasteiger partial charge is 0.415 e. The number of hydrogen-bond acceptors (Lipinski definition) is 6. The van der Waals surface area contributed by atoms with Gasteiger partial charge in [-0.25, -0.2) is 0 Å². The van der Waals surface area contributed by atoms with Gasteiger partial charge < -0.3 is 18.9 Å². The summed E-state index contributed by atoms with van der Waals surface area (Å²) in [5, 5.41) is 0. The molecule has 0 rings (SSSR count). The maximum atomic E-state index is 13.5. The Bertz CT molecular complexity index is 535. The zero-order valence-electron chi connectivity index (χ0n) is 14.4. The lowest BCUT2D eigenvalue weighted by atomic mass is 9.60. The lowest BCUT2D eigenvalue weighted by molar-refractivity contribution is -0.449. The minimum Gasteiger partial charge on any atom is -0.438 e.